The first-order chi connectivity index (χ1) is 6.37. The van der Waals surface area contributed by atoms with E-state index in [1.165, 1.54) is 0 Å². The Kier molecular flexibility index (Phi) is 2.99. The molecule has 0 aliphatic rings. The van der Waals surface area contributed by atoms with Crippen molar-refractivity contribution in [1.29, 1.82) is 0 Å². The molecule has 0 aliphatic heterocycles. The molecule has 0 saturated heterocycles. The van der Waals surface area contributed by atoms with Gasteiger partial charge in [0.2, 0.25) is 0 Å². The van der Waals surface area contributed by atoms with Crippen molar-refractivity contribution >= 4 is 49.5 Å². The van der Waals surface area contributed by atoms with Crippen LogP contribution in [0, 0.1) is 0 Å². The molecule has 0 saturated carbocycles. The molecular formula is F11O3SSb2-. The van der Waals surface area contributed by atoms with Gasteiger partial charge in [-0.2, -0.15) is 0 Å². The molecule has 0 fully saturated rings. The topological polar surface area (TPSA) is 35.5 Å². The number of hydrogen-bond donors (Lipinski definition) is 0. The Hall–Kier alpha value is 0.936. The Bertz CT molecular complexity index is 344. The van der Waals surface area contributed by atoms with E-state index in [0.717, 1.165) is 4.92 Å². The van der Waals surface area contributed by atoms with Crippen LogP contribution in [0.2, 0.25) is 0 Å². The molecule has 0 aromatic rings. The van der Waals surface area contributed by atoms with E-state index >= 15 is 0 Å². The average molecular weight is 533 g/mol. The molecule has 0 bridgehead atoms. The second-order valence-corrected chi connectivity index (χ2v) is 17.4. The molecule has 17 heavy (non-hydrogen) atoms. The fourth-order valence-corrected chi connectivity index (χ4v) is 8.61. The minimum atomic E-state index is -12.4. The quantitative estimate of drug-likeness (QED) is 0.240. The summed E-state index contributed by atoms with van der Waals surface area (Å²) < 4.78 is 136. The summed E-state index contributed by atoms with van der Waals surface area (Å²) >= 11 is -24.7. The van der Waals surface area contributed by atoms with Gasteiger partial charge in [-0.3, -0.25) is 0 Å². The van der Waals surface area contributed by atoms with E-state index < -0.39 is 49.5 Å². The molecule has 3 nitrogen and oxygen atoms in total. The Morgan fingerprint density at radius 3 is 0.941 bits per heavy atom. The van der Waals surface area contributed by atoms with Gasteiger partial charge in [0.25, 0.3) is 0 Å². The van der Waals surface area contributed by atoms with Crippen LogP contribution in [0.25, 0.3) is 0 Å². The van der Waals surface area contributed by atoms with Crippen LogP contribution in [-0.4, -0.2) is 38.6 Å². The first-order valence-corrected chi connectivity index (χ1v) is 15.8. The zero-order valence-electron chi connectivity index (χ0n) is 6.69. The van der Waals surface area contributed by atoms with Crippen LogP contribution < -0.4 is 0 Å². The Labute approximate surface area is 90.3 Å². The summed E-state index contributed by atoms with van der Waals surface area (Å²) in [6.07, 6.45) is 0. The van der Waals surface area contributed by atoms with E-state index in [0.29, 0.717) is 0 Å². The molecular weight excluding hydrogens is 533 g/mol. The van der Waals surface area contributed by atoms with Crippen LogP contribution in [0.5, 0.6) is 0 Å². The third-order valence-corrected chi connectivity index (χ3v) is 9.25. The van der Waals surface area contributed by atoms with Crippen LogP contribution >= 0.6 is 0 Å². The van der Waals surface area contributed by atoms with Gasteiger partial charge in [0, 0.05) is 0 Å². The van der Waals surface area contributed by atoms with Crippen molar-refractivity contribution in [3.63, 3.8) is 0 Å². The minimum absolute atomic E-state index is 0.857. The van der Waals surface area contributed by atoms with Crippen molar-refractivity contribution in [2.45, 2.75) is 0 Å². The van der Waals surface area contributed by atoms with Crippen LogP contribution in [0.1, 0.15) is 0 Å². The zero-order chi connectivity index (χ0) is 14.7. The van der Waals surface area contributed by atoms with Gasteiger partial charge in [-0.15, -0.1) is 0 Å². The van der Waals surface area contributed by atoms with Gasteiger partial charge in [0.05, 0.1) is 0 Å². The van der Waals surface area contributed by atoms with E-state index in [-0.39, 0.29) is 0 Å². The Balaban J connectivity index is 5.37. The van der Waals surface area contributed by atoms with Gasteiger partial charge in [-0.25, -0.2) is 0 Å². The van der Waals surface area contributed by atoms with Gasteiger partial charge in [-0.05, 0) is 0 Å². The number of hydrogen-bond acceptors (Lipinski definition) is 3. The fourth-order valence-electron chi connectivity index (χ4n) is 0.350. The Morgan fingerprint density at radius 1 is 0.647 bits per heavy atom. The van der Waals surface area contributed by atoms with Gasteiger partial charge >= 0.3 is 90.7 Å². The van der Waals surface area contributed by atoms with Gasteiger partial charge in [0.1, 0.15) is 0 Å². The van der Waals surface area contributed by atoms with Crippen molar-refractivity contribution in [3.8, 4) is 0 Å². The molecule has 112 valence electrons. The summed E-state index contributed by atoms with van der Waals surface area (Å²) in [5.74, 6) is 0. The molecule has 0 spiro atoms. The predicted octanol–water partition coefficient (Wildman–Crippen LogP) is 3.60. The van der Waals surface area contributed by atoms with Gasteiger partial charge < -0.3 is 0 Å². The summed E-state index contributed by atoms with van der Waals surface area (Å²) in [5, 5.41) is 0. The molecule has 0 amide bonds. The molecule has 0 aliphatic carbocycles. The fraction of sp³-hybridized carbons (Fsp3) is 0. The number of rotatable bonds is 4. The molecule has 0 heterocycles. The van der Waals surface area contributed by atoms with Crippen LogP contribution in [0.4, 0.5) is 32.0 Å². The summed E-state index contributed by atoms with van der Waals surface area (Å²) in [6.45, 7) is 0. The van der Waals surface area contributed by atoms with Gasteiger partial charge in [0.15, 0.2) is 0 Å². The number of halogens is 11. The van der Waals surface area contributed by atoms with Crippen LogP contribution in [-0.2, 0) is 20.0 Å². The van der Waals surface area contributed by atoms with E-state index in [4.69, 9.17) is 0 Å². The van der Waals surface area contributed by atoms with Gasteiger partial charge in [-0.1, -0.05) is 0 Å². The third kappa shape index (κ3) is 13.2. The molecule has 0 unspecified atom stereocenters. The molecule has 0 aromatic heterocycles. The third-order valence-electron chi connectivity index (χ3n) is 0.460. The summed E-state index contributed by atoms with van der Waals surface area (Å²) in [5.41, 5.74) is 0. The summed E-state index contributed by atoms with van der Waals surface area (Å²) in [6, 6.07) is 0. The van der Waals surface area contributed by atoms with Crippen molar-refractivity contribution in [2.24, 2.45) is 0 Å². The maximum atomic E-state index is 11.8. The van der Waals surface area contributed by atoms with Crippen LogP contribution in [0.3, 0.4) is 0 Å². The molecule has 0 N–H and O–H groups in total. The van der Waals surface area contributed by atoms with Crippen molar-refractivity contribution in [3.05, 3.63) is 0 Å². The second-order valence-electron chi connectivity index (χ2n) is 2.51. The maximum absolute atomic E-state index is 12.4. The Morgan fingerprint density at radius 2 is 0.824 bits per heavy atom. The van der Waals surface area contributed by atoms with E-state index in [9.17, 15) is 36.2 Å². The first-order valence-electron chi connectivity index (χ1n) is 2.71. The standard InChI is InChI=1S/FO3S.10FH.2Sb/c1-5(2,3)4;;;;;;;;;;;;/h;10*1H;;/q-1;;;;;;;;;;;2*+5/p-10. The summed E-state index contributed by atoms with van der Waals surface area (Å²) in [7, 11) is -7.96. The zero-order valence-corrected chi connectivity index (χ0v) is 12.6. The van der Waals surface area contributed by atoms with Crippen molar-refractivity contribution < 1.29 is 41.1 Å². The molecule has 0 atom stereocenters. The van der Waals surface area contributed by atoms with Crippen molar-refractivity contribution in [1.82, 2.24) is 0 Å². The summed E-state index contributed by atoms with van der Waals surface area (Å²) in [4.78, 5) is 0. The van der Waals surface area contributed by atoms with E-state index in [1.54, 1.807) is 0 Å². The molecule has 0 aromatic carbocycles. The predicted molar refractivity (Wildman–Crippen MR) is 33.9 cm³/mol. The normalized spacial score (nSPS) is 26.1. The van der Waals surface area contributed by atoms with E-state index in [2.05, 4.69) is 0 Å². The SMILES string of the molecule is O=[S+](F)([O][Sb-]([F])([F])([F])([F])[F])[O][Sb-]([F])([F])([F])([F])[F]. The van der Waals surface area contributed by atoms with Crippen LogP contribution in [0.15, 0.2) is 0 Å². The van der Waals surface area contributed by atoms with Crippen molar-refractivity contribution in [2.75, 3.05) is 0 Å². The molecule has 0 rings (SSSR count). The van der Waals surface area contributed by atoms with E-state index in [1.807, 2.05) is 0 Å². The monoisotopic (exact) mass is 531 g/mol. The molecule has 17 heteroatoms. The average Bonchev–Trinajstić information content (AvgIpc) is 1.29. The molecule has 0 radical (unpaired) electrons. The second kappa shape index (κ2) is 2.84. The first kappa shape index (κ1) is 17.9.